The first-order valence-electron chi connectivity index (χ1n) is 14.3. The molecule has 0 radical (unpaired) electrons. The molecule has 0 bridgehead atoms. The highest BCUT2D eigenvalue weighted by Gasteiger charge is 2.28. The normalized spacial score (nSPS) is 14.2. The van der Waals surface area contributed by atoms with E-state index in [1.807, 2.05) is 73.2 Å². The van der Waals surface area contributed by atoms with E-state index in [0.717, 1.165) is 21.4 Å². The molecule has 0 fully saturated rings. The summed E-state index contributed by atoms with van der Waals surface area (Å²) in [6, 6.07) is 16.9. The minimum absolute atomic E-state index is 0.129. The molecule has 0 spiro atoms. The van der Waals surface area contributed by atoms with Gasteiger partial charge < -0.3 is 29.7 Å². The molecule has 1 amide bonds. The summed E-state index contributed by atoms with van der Waals surface area (Å²) in [5.41, 5.74) is -0.610. The molecule has 11 nitrogen and oxygen atoms in total. The number of hydrogen-bond acceptors (Lipinski definition) is 11. The van der Waals surface area contributed by atoms with Crippen molar-refractivity contribution in [2.24, 2.45) is 5.41 Å². The molecule has 4 atom stereocenters. The van der Waals surface area contributed by atoms with Crippen LogP contribution in [0, 0.1) is 15.5 Å². The van der Waals surface area contributed by atoms with E-state index in [1.54, 1.807) is 36.9 Å². The highest BCUT2D eigenvalue weighted by atomic mass is 32.2. The topological polar surface area (TPSA) is 138 Å². The van der Waals surface area contributed by atoms with Crippen LogP contribution in [-0.2, 0) is 19.1 Å². The minimum Gasteiger partial charge on any atom is -0.484 e. The third-order valence-electron chi connectivity index (χ3n) is 6.65. The van der Waals surface area contributed by atoms with Crippen molar-refractivity contribution in [3.8, 4) is 5.75 Å². The van der Waals surface area contributed by atoms with Crippen molar-refractivity contribution in [3.05, 3.63) is 75.0 Å². The van der Waals surface area contributed by atoms with E-state index < -0.39 is 34.9 Å². The number of amides is 1. The number of rotatable bonds is 18. The molecule has 1 aromatic heterocycles. The summed E-state index contributed by atoms with van der Waals surface area (Å²) in [6.45, 7) is 7.05. The number of carbonyl (C=O) groups is 2. The van der Waals surface area contributed by atoms with Gasteiger partial charge in [0.05, 0.1) is 0 Å². The van der Waals surface area contributed by atoms with Gasteiger partial charge in [0.15, 0.2) is 0 Å². The minimum atomic E-state index is -1.14. The van der Waals surface area contributed by atoms with Gasteiger partial charge in [-0.3, -0.25) is 4.79 Å². The van der Waals surface area contributed by atoms with E-state index in [-0.39, 0.29) is 25.3 Å². The Morgan fingerprint density at radius 2 is 1.82 bits per heavy atom. The van der Waals surface area contributed by atoms with E-state index in [0.29, 0.717) is 18.6 Å². The zero-order chi connectivity index (χ0) is 32.1. The second-order valence-electron chi connectivity index (χ2n) is 11.2. The molecule has 3 rings (SSSR count). The number of benzene rings is 2. The average Bonchev–Trinajstić information content (AvgIpc) is 3.51. The predicted octanol–water partition coefficient (Wildman–Crippen LogP) is 6.36. The second kappa shape index (κ2) is 17.1. The Morgan fingerprint density at radius 3 is 2.52 bits per heavy atom. The van der Waals surface area contributed by atoms with Crippen LogP contribution in [0.25, 0.3) is 10.8 Å². The quantitative estimate of drug-likeness (QED) is 0.0694. The molecule has 0 aliphatic carbocycles. The lowest BCUT2D eigenvalue weighted by Gasteiger charge is -2.27. The van der Waals surface area contributed by atoms with Crippen LogP contribution in [0.3, 0.4) is 0 Å². The van der Waals surface area contributed by atoms with Gasteiger partial charge in [0.25, 0.3) is 5.09 Å². The van der Waals surface area contributed by atoms with Crippen LogP contribution in [0.15, 0.2) is 60.0 Å². The monoisotopic (exact) mass is 647 g/mol. The van der Waals surface area contributed by atoms with Crippen LogP contribution in [0.2, 0.25) is 0 Å². The van der Waals surface area contributed by atoms with Gasteiger partial charge >= 0.3 is 12.1 Å². The average molecular weight is 648 g/mol. The number of thiophene rings is 1. The van der Waals surface area contributed by atoms with Crippen molar-refractivity contribution in [2.75, 3.05) is 25.2 Å². The molecule has 0 saturated carbocycles. The van der Waals surface area contributed by atoms with Gasteiger partial charge in [-0.15, -0.1) is 21.5 Å². The van der Waals surface area contributed by atoms with Crippen molar-refractivity contribution in [3.63, 3.8) is 0 Å². The molecule has 0 aliphatic heterocycles. The predicted molar refractivity (Wildman–Crippen MR) is 172 cm³/mol. The lowest BCUT2D eigenvalue weighted by Crippen LogP contribution is -2.46. The second-order valence-corrected chi connectivity index (χ2v) is 13.1. The smallest absolute Gasteiger partial charge is 0.410 e. The van der Waals surface area contributed by atoms with Crippen molar-refractivity contribution >= 4 is 45.9 Å². The van der Waals surface area contributed by atoms with Crippen LogP contribution in [0.5, 0.6) is 5.75 Å². The SMILES string of the molecule is CSCCC(NCC(C)(C)CO[N+](=O)[O-])C(=O)OC(C)OC(=O)NC(C)C[C@H](Oc1cccc2ccccc12)c1cccs1. The molecule has 2 aromatic carbocycles. The molecule has 44 heavy (non-hydrogen) atoms. The van der Waals surface area contributed by atoms with E-state index in [1.165, 1.54) is 6.92 Å². The Balaban J connectivity index is 1.54. The Labute approximate surface area is 266 Å². The molecule has 3 unspecified atom stereocenters. The molecular formula is C31H41N3O8S2. The Hall–Kier alpha value is -3.55. The maximum Gasteiger partial charge on any atom is 0.410 e. The van der Waals surface area contributed by atoms with Gasteiger partial charge in [-0.05, 0) is 48.3 Å². The van der Waals surface area contributed by atoms with Crippen LogP contribution in [0.4, 0.5) is 4.79 Å². The van der Waals surface area contributed by atoms with Gasteiger partial charge in [-0.25, -0.2) is 4.79 Å². The lowest BCUT2D eigenvalue weighted by atomic mass is 9.94. The molecule has 1 heterocycles. The lowest BCUT2D eigenvalue weighted by molar-refractivity contribution is -0.760. The Bertz CT molecular complexity index is 1350. The molecule has 3 aromatic rings. The fourth-order valence-corrected chi connectivity index (χ4v) is 5.64. The highest BCUT2D eigenvalue weighted by Crippen LogP contribution is 2.33. The number of esters is 1. The first-order valence-corrected chi connectivity index (χ1v) is 16.6. The van der Waals surface area contributed by atoms with Crippen molar-refractivity contribution in [1.82, 2.24) is 10.6 Å². The Morgan fingerprint density at radius 1 is 1.07 bits per heavy atom. The van der Waals surface area contributed by atoms with Gasteiger partial charge in [-0.2, -0.15) is 11.8 Å². The van der Waals surface area contributed by atoms with Gasteiger partial charge in [0, 0.05) is 41.6 Å². The van der Waals surface area contributed by atoms with Crippen LogP contribution in [-0.4, -0.2) is 60.7 Å². The fraction of sp³-hybridized carbons (Fsp3) is 0.484. The molecule has 0 saturated heterocycles. The molecule has 13 heteroatoms. The third-order valence-corrected chi connectivity index (χ3v) is 8.26. The van der Waals surface area contributed by atoms with Crippen molar-refractivity contribution < 1.29 is 33.7 Å². The van der Waals surface area contributed by atoms with Crippen molar-refractivity contribution in [2.45, 2.75) is 65.0 Å². The third kappa shape index (κ3) is 11.5. The van der Waals surface area contributed by atoms with Crippen LogP contribution in [0.1, 0.15) is 51.5 Å². The van der Waals surface area contributed by atoms with Gasteiger partial charge in [0.1, 0.15) is 24.5 Å². The summed E-state index contributed by atoms with van der Waals surface area (Å²) in [7, 11) is 0. The van der Waals surface area contributed by atoms with E-state index in [9.17, 15) is 19.7 Å². The fourth-order valence-electron chi connectivity index (χ4n) is 4.40. The highest BCUT2D eigenvalue weighted by molar-refractivity contribution is 7.98. The molecule has 0 aliphatic rings. The largest absolute Gasteiger partial charge is 0.484 e. The number of nitrogens with one attached hydrogen (secondary N) is 2. The summed E-state index contributed by atoms with van der Waals surface area (Å²) in [6.07, 6.45) is 0.685. The first-order chi connectivity index (χ1) is 21.0. The number of thioether (sulfide) groups is 1. The maximum atomic E-state index is 12.9. The first kappa shape index (κ1) is 34.9. The van der Waals surface area contributed by atoms with Crippen molar-refractivity contribution in [1.29, 1.82) is 0 Å². The summed E-state index contributed by atoms with van der Waals surface area (Å²) in [4.78, 5) is 41.7. The van der Waals surface area contributed by atoms with Gasteiger partial charge in [0.2, 0.25) is 6.29 Å². The van der Waals surface area contributed by atoms with E-state index in [4.69, 9.17) is 14.2 Å². The molecular weight excluding hydrogens is 606 g/mol. The van der Waals surface area contributed by atoms with Crippen LogP contribution >= 0.6 is 23.1 Å². The summed E-state index contributed by atoms with van der Waals surface area (Å²) in [5, 5.41) is 19.7. The zero-order valence-corrected chi connectivity index (χ0v) is 27.3. The summed E-state index contributed by atoms with van der Waals surface area (Å²) >= 11 is 3.15. The summed E-state index contributed by atoms with van der Waals surface area (Å²) in [5.74, 6) is 0.854. The number of alkyl carbamates (subject to hydrolysis) is 1. The summed E-state index contributed by atoms with van der Waals surface area (Å²) < 4.78 is 17.3. The number of fused-ring (bicyclic) bond motifs is 1. The molecule has 2 N–H and O–H groups in total. The van der Waals surface area contributed by atoms with Crippen LogP contribution < -0.4 is 15.4 Å². The van der Waals surface area contributed by atoms with E-state index in [2.05, 4.69) is 15.5 Å². The zero-order valence-electron chi connectivity index (χ0n) is 25.6. The maximum absolute atomic E-state index is 12.9. The number of carbonyl (C=O) groups excluding carboxylic acids is 2. The van der Waals surface area contributed by atoms with E-state index >= 15 is 0 Å². The Kier molecular flexibility index (Phi) is 13.6. The number of nitrogens with zero attached hydrogens (tertiary/aromatic N) is 1. The number of hydrogen-bond donors (Lipinski definition) is 2. The van der Waals surface area contributed by atoms with Gasteiger partial charge in [-0.1, -0.05) is 56.3 Å². The standard InChI is InChI=1S/C31H41N3O8S2/c1-21(18-27(28-14-9-16-44-28)42-26-13-8-11-23-10-6-7-12-24(23)26)33-30(36)41-22(2)40-29(35)25(15-17-43-5)32-19-31(3,4)20-39-34(37)38/h6-14,16,21-22,25,27,32H,15,17-20H2,1-5H3,(H,33,36)/t21?,22?,25?,27-/m0/s1. The molecule has 240 valence electrons. The number of ether oxygens (including phenoxy) is 3.